The van der Waals surface area contributed by atoms with Crippen molar-refractivity contribution in [3.8, 4) is 0 Å². The van der Waals surface area contributed by atoms with Gasteiger partial charge in [-0.2, -0.15) is 0 Å². The smallest absolute Gasteiger partial charge is 0.387 e. The van der Waals surface area contributed by atoms with Crippen molar-refractivity contribution in [2.45, 2.75) is 212 Å². The lowest BCUT2D eigenvalue weighted by atomic mass is 10.0. The quantitative estimate of drug-likeness (QED) is 0.0244. The zero-order valence-electron chi connectivity index (χ0n) is 39.0. The molecule has 0 radical (unpaired) electrons. The second-order valence-electron chi connectivity index (χ2n) is 17.4. The Balaban J connectivity index is 4.43. The van der Waals surface area contributed by atoms with Gasteiger partial charge in [0.1, 0.15) is 13.2 Å². The Labute approximate surface area is 364 Å². The molecule has 9 heteroatoms. The van der Waals surface area contributed by atoms with Crippen LogP contribution in [0.15, 0.2) is 60.8 Å². The molecule has 8 nitrogen and oxygen atoms in total. The van der Waals surface area contributed by atoms with Gasteiger partial charge in [-0.15, -0.1) is 0 Å². The van der Waals surface area contributed by atoms with E-state index >= 15 is 0 Å². The average Bonchev–Trinajstić information content (AvgIpc) is 3.19. The molecule has 0 rings (SSSR count). The summed E-state index contributed by atoms with van der Waals surface area (Å²) < 4.78 is 23.6. The summed E-state index contributed by atoms with van der Waals surface area (Å²) in [6.45, 7) is 4.67. The van der Waals surface area contributed by atoms with Crippen LogP contribution in [0.2, 0.25) is 0 Å². The maximum absolute atomic E-state index is 12.9. The van der Waals surface area contributed by atoms with E-state index in [0.29, 0.717) is 17.4 Å². The number of likely N-dealkylation sites (N-methyl/N-ethyl adjacent to an activating group) is 1. The first-order valence-electron chi connectivity index (χ1n) is 24.2. The lowest BCUT2D eigenvalue weighted by Gasteiger charge is -2.25. The van der Waals surface area contributed by atoms with E-state index in [1.165, 1.54) is 109 Å². The molecular weight excluding hydrogens is 756 g/mol. The van der Waals surface area contributed by atoms with Gasteiger partial charge in [0, 0.05) is 6.42 Å². The normalized spacial score (nSPS) is 14.8. The van der Waals surface area contributed by atoms with Gasteiger partial charge in [-0.25, -0.2) is 4.57 Å². The van der Waals surface area contributed by atoms with Crippen molar-refractivity contribution in [2.24, 2.45) is 0 Å². The van der Waals surface area contributed by atoms with Crippen molar-refractivity contribution in [3.63, 3.8) is 0 Å². The zero-order valence-corrected chi connectivity index (χ0v) is 39.9. The van der Waals surface area contributed by atoms with E-state index in [-0.39, 0.29) is 19.1 Å². The maximum Gasteiger partial charge on any atom is 0.472 e. The molecule has 0 saturated heterocycles. The molecule has 59 heavy (non-hydrogen) atoms. The van der Waals surface area contributed by atoms with Crippen molar-refractivity contribution in [3.05, 3.63) is 60.8 Å². The molecule has 0 aliphatic heterocycles. The number of phosphoric ester groups is 1. The van der Waals surface area contributed by atoms with Gasteiger partial charge in [0.05, 0.1) is 39.9 Å². The van der Waals surface area contributed by atoms with Crippen molar-refractivity contribution in [1.82, 2.24) is 5.32 Å². The third-order valence-electron chi connectivity index (χ3n) is 10.5. The van der Waals surface area contributed by atoms with Gasteiger partial charge in [-0.05, 0) is 64.2 Å². The van der Waals surface area contributed by atoms with E-state index in [4.69, 9.17) is 9.05 Å². The molecule has 0 fully saturated rings. The Morgan fingerprint density at radius 1 is 0.593 bits per heavy atom. The van der Waals surface area contributed by atoms with E-state index in [2.05, 4.69) is 67.8 Å². The first-order valence-corrected chi connectivity index (χ1v) is 25.7. The minimum absolute atomic E-state index is 0.0518. The fraction of sp³-hybridized carbons (Fsp3) is 0.780. The summed E-state index contributed by atoms with van der Waals surface area (Å²) in [5.41, 5.74) is 0. The zero-order chi connectivity index (χ0) is 43.6. The second-order valence-corrected chi connectivity index (χ2v) is 18.9. The number of aliphatic hydroxyl groups excluding tert-OH is 1. The van der Waals surface area contributed by atoms with E-state index in [1.807, 2.05) is 27.2 Å². The number of carbonyl (C=O) groups is 1. The van der Waals surface area contributed by atoms with E-state index in [1.54, 1.807) is 6.08 Å². The van der Waals surface area contributed by atoms with Gasteiger partial charge in [0.15, 0.2) is 0 Å². The Bertz CT molecular complexity index is 1140. The number of unbranched alkanes of at least 4 members (excludes halogenated alkanes) is 22. The standard InChI is InChI=1S/C50H93N2O6P/c1-6-8-10-12-14-16-18-20-22-24-25-26-28-29-31-33-35-37-39-41-43-49(53)48(47-58-59(55,56)57-46-45-52(3,4)5)51-50(54)44-42-40-38-36-34-32-30-27-23-21-19-17-15-13-11-9-7-2/h9,11,15,17,21,23,33,35,41,43,48-49,53H,6-8,10,12-14,16,18-20,22,24-32,34,36-40,42,44-47H2,1-5H3,(H-,51,54,55,56)/p+1/b11-9-,17-15-,23-21-,35-33+,43-41+. The number of aliphatic hydroxyl groups is 1. The minimum atomic E-state index is -4.35. The molecule has 0 aromatic heterocycles. The van der Waals surface area contributed by atoms with Gasteiger partial charge in [-0.3, -0.25) is 13.8 Å². The molecule has 0 bridgehead atoms. The summed E-state index contributed by atoms with van der Waals surface area (Å²) in [6, 6.07) is -0.870. The van der Waals surface area contributed by atoms with Crippen LogP contribution in [-0.4, -0.2) is 73.4 Å². The first kappa shape index (κ1) is 57.2. The molecule has 3 atom stereocenters. The van der Waals surface area contributed by atoms with E-state index in [9.17, 15) is 19.4 Å². The number of quaternary nitrogens is 1. The number of phosphoric acid groups is 1. The molecule has 344 valence electrons. The molecule has 3 N–H and O–H groups in total. The Kier molecular flexibility index (Phi) is 40.3. The molecule has 0 aliphatic carbocycles. The fourth-order valence-electron chi connectivity index (χ4n) is 6.66. The predicted octanol–water partition coefficient (Wildman–Crippen LogP) is 13.8. The molecule has 0 saturated carbocycles. The number of rotatable bonds is 43. The summed E-state index contributed by atoms with van der Waals surface area (Å²) in [7, 11) is 1.54. The van der Waals surface area contributed by atoms with Gasteiger partial charge in [0.2, 0.25) is 5.91 Å². The molecule has 0 aromatic carbocycles. The number of nitrogens with zero attached hydrogens (tertiary/aromatic N) is 1. The highest BCUT2D eigenvalue weighted by molar-refractivity contribution is 7.47. The van der Waals surface area contributed by atoms with Crippen molar-refractivity contribution in [1.29, 1.82) is 0 Å². The highest BCUT2D eigenvalue weighted by Crippen LogP contribution is 2.43. The van der Waals surface area contributed by atoms with Gasteiger partial charge < -0.3 is 19.8 Å². The number of nitrogens with one attached hydrogen (secondary N) is 1. The topological polar surface area (TPSA) is 105 Å². The van der Waals surface area contributed by atoms with E-state index < -0.39 is 20.0 Å². The number of hydrogen-bond acceptors (Lipinski definition) is 5. The van der Waals surface area contributed by atoms with Crippen molar-refractivity contribution < 1.29 is 32.9 Å². The number of amides is 1. The first-order chi connectivity index (χ1) is 28.5. The molecule has 0 spiro atoms. The molecule has 0 aromatic rings. The number of hydrogen-bond donors (Lipinski definition) is 3. The maximum atomic E-state index is 12.9. The van der Waals surface area contributed by atoms with Crippen molar-refractivity contribution in [2.75, 3.05) is 40.9 Å². The Morgan fingerprint density at radius 3 is 1.56 bits per heavy atom. The molecule has 0 aliphatic rings. The van der Waals surface area contributed by atoms with Gasteiger partial charge in [-0.1, -0.05) is 190 Å². The van der Waals surface area contributed by atoms with Gasteiger partial charge >= 0.3 is 7.82 Å². The Morgan fingerprint density at radius 2 is 1.03 bits per heavy atom. The summed E-state index contributed by atoms with van der Waals surface area (Å²) in [6.07, 6.45) is 54.4. The van der Waals surface area contributed by atoms with Crippen LogP contribution in [0.4, 0.5) is 0 Å². The van der Waals surface area contributed by atoms with Crippen LogP contribution in [0.3, 0.4) is 0 Å². The predicted molar refractivity (Wildman–Crippen MR) is 254 cm³/mol. The lowest BCUT2D eigenvalue weighted by Crippen LogP contribution is -2.45. The molecule has 1 amide bonds. The molecule has 0 heterocycles. The highest BCUT2D eigenvalue weighted by Gasteiger charge is 2.27. The van der Waals surface area contributed by atoms with Crippen LogP contribution in [0.5, 0.6) is 0 Å². The molecule has 3 unspecified atom stereocenters. The summed E-state index contributed by atoms with van der Waals surface area (Å²) in [5, 5.41) is 13.8. The van der Waals surface area contributed by atoms with Crippen LogP contribution >= 0.6 is 7.82 Å². The van der Waals surface area contributed by atoms with Crippen molar-refractivity contribution >= 4 is 13.7 Å². The van der Waals surface area contributed by atoms with Crippen LogP contribution in [0.25, 0.3) is 0 Å². The third kappa shape index (κ3) is 44.1. The lowest BCUT2D eigenvalue weighted by molar-refractivity contribution is -0.870. The third-order valence-corrected chi connectivity index (χ3v) is 11.5. The summed E-state index contributed by atoms with van der Waals surface area (Å²) >= 11 is 0. The highest BCUT2D eigenvalue weighted by atomic mass is 31.2. The van der Waals surface area contributed by atoms with Gasteiger partial charge in [0.25, 0.3) is 0 Å². The fourth-order valence-corrected chi connectivity index (χ4v) is 7.40. The SMILES string of the molecule is CC/C=C\C/C=C\C/C=C\CCCCCCCCCC(=O)NC(COP(=O)(O)OCC[N+](C)(C)C)C(O)/C=C/CC/C=C/CCCCCCCCCCCCCCCC. The van der Waals surface area contributed by atoms with Crippen LogP contribution in [0, 0.1) is 0 Å². The second kappa shape index (κ2) is 41.5. The van der Waals surface area contributed by atoms with Crippen LogP contribution in [-0.2, 0) is 18.4 Å². The van der Waals surface area contributed by atoms with Crippen LogP contribution in [0.1, 0.15) is 200 Å². The van der Waals surface area contributed by atoms with Crippen LogP contribution < -0.4 is 5.32 Å². The summed E-state index contributed by atoms with van der Waals surface area (Å²) in [5.74, 6) is -0.199. The Hall–Kier alpha value is -1.80. The average molecular weight is 850 g/mol. The minimum Gasteiger partial charge on any atom is -0.387 e. The van der Waals surface area contributed by atoms with E-state index in [0.717, 1.165) is 70.6 Å². The monoisotopic (exact) mass is 850 g/mol. The molecular formula is C50H94N2O6P+. The largest absolute Gasteiger partial charge is 0.472 e. The number of carbonyl (C=O) groups excluding carboxylic acids is 1. The summed E-state index contributed by atoms with van der Waals surface area (Å²) in [4.78, 5) is 23.2. The number of allylic oxidation sites excluding steroid dienone is 9.